The lowest BCUT2D eigenvalue weighted by Gasteiger charge is -1.94. The Hall–Kier alpha value is -0.500. The minimum atomic E-state index is 0.167. The molecule has 0 atom stereocenters. The van der Waals surface area contributed by atoms with Gasteiger partial charge in [0.15, 0.2) is 0 Å². The van der Waals surface area contributed by atoms with Gasteiger partial charge in [0.25, 0.3) is 0 Å². The fourth-order valence-electron chi connectivity index (χ4n) is 0.672. The summed E-state index contributed by atoms with van der Waals surface area (Å²) in [5, 5.41) is 11.5. The second kappa shape index (κ2) is 1.98. The summed E-state index contributed by atoms with van der Waals surface area (Å²) in [4.78, 5) is 0. The molecule has 0 amide bonds. The highest BCUT2D eigenvalue weighted by atomic mass is 16.3. The van der Waals surface area contributed by atoms with Crippen LogP contribution in [-0.4, -0.2) is 18.3 Å². The van der Waals surface area contributed by atoms with E-state index in [1.54, 1.807) is 0 Å². The second-order valence-electron chi connectivity index (χ2n) is 1.60. The molecule has 40 valence electrons. The van der Waals surface area contributed by atoms with E-state index in [4.69, 9.17) is 5.11 Å². The minimum Gasteiger partial charge on any atom is -0.390 e. The zero-order valence-corrected chi connectivity index (χ0v) is 4.15. The van der Waals surface area contributed by atoms with E-state index < -0.39 is 0 Å². The second-order valence-corrected chi connectivity index (χ2v) is 1.60. The third kappa shape index (κ3) is 0.933. The molecule has 0 radical (unpaired) electrons. The van der Waals surface area contributed by atoms with Crippen LogP contribution in [0.5, 0.6) is 0 Å². The summed E-state index contributed by atoms with van der Waals surface area (Å²) in [7, 11) is 0. The Morgan fingerprint density at radius 3 is 3.00 bits per heavy atom. The third-order valence-corrected chi connectivity index (χ3v) is 1.06. The molecule has 1 rings (SSSR count). The Bertz CT molecular complexity index is 88.1. The van der Waals surface area contributed by atoms with Gasteiger partial charge in [-0.15, -0.1) is 0 Å². The van der Waals surface area contributed by atoms with Gasteiger partial charge in [0.1, 0.15) is 0 Å². The molecule has 0 aromatic heterocycles. The van der Waals surface area contributed by atoms with Crippen LogP contribution in [0.15, 0.2) is 11.8 Å². The number of rotatable bonds is 1. The number of hydrogen-bond donors (Lipinski definition) is 2. The van der Waals surface area contributed by atoms with Crippen molar-refractivity contribution in [3.05, 3.63) is 11.8 Å². The molecule has 7 heavy (non-hydrogen) atoms. The van der Waals surface area contributed by atoms with E-state index in [1.807, 2.05) is 6.08 Å². The normalized spacial score (nSPS) is 18.7. The molecule has 0 fully saturated rings. The quantitative estimate of drug-likeness (QED) is 0.479. The molecule has 0 aliphatic carbocycles. The van der Waals surface area contributed by atoms with Crippen molar-refractivity contribution in [3.63, 3.8) is 0 Å². The van der Waals surface area contributed by atoms with Gasteiger partial charge in [0.05, 0.1) is 6.61 Å². The molecule has 0 bridgehead atoms. The molecule has 1 aliphatic heterocycles. The maximum atomic E-state index is 8.44. The van der Waals surface area contributed by atoms with Crippen molar-refractivity contribution in [2.75, 3.05) is 13.2 Å². The third-order valence-electron chi connectivity index (χ3n) is 1.06. The standard InChI is InChI=1S/C5H9NO/c7-4-5-2-1-3-6-5/h2,6-7H,1,3-4H2. The Labute approximate surface area is 42.8 Å². The zero-order valence-electron chi connectivity index (χ0n) is 4.15. The van der Waals surface area contributed by atoms with Crippen LogP contribution in [0.25, 0.3) is 0 Å². The van der Waals surface area contributed by atoms with Gasteiger partial charge in [-0.25, -0.2) is 0 Å². The first kappa shape index (κ1) is 4.65. The molecule has 0 unspecified atom stereocenters. The lowest BCUT2D eigenvalue weighted by molar-refractivity contribution is 0.324. The van der Waals surface area contributed by atoms with Gasteiger partial charge in [-0.2, -0.15) is 0 Å². The highest BCUT2D eigenvalue weighted by Crippen LogP contribution is 1.97. The van der Waals surface area contributed by atoms with E-state index in [-0.39, 0.29) is 6.61 Å². The highest BCUT2D eigenvalue weighted by molar-refractivity contribution is 5.04. The largest absolute Gasteiger partial charge is 0.390 e. The van der Waals surface area contributed by atoms with Crippen LogP contribution >= 0.6 is 0 Å². The topological polar surface area (TPSA) is 32.3 Å². The predicted molar refractivity (Wildman–Crippen MR) is 27.8 cm³/mol. The summed E-state index contributed by atoms with van der Waals surface area (Å²) in [6.07, 6.45) is 3.08. The maximum absolute atomic E-state index is 8.44. The minimum absolute atomic E-state index is 0.167. The highest BCUT2D eigenvalue weighted by Gasteiger charge is 1.97. The maximum Gasteiger partial charge on any atom is 0.0824 e. The van der Waals surface area contributed by atoms with E-state index in [0.29, 0.717) is 0 Å². The molecular weight excluding hydrogens is 90.1 g/mol. The lowest BCUT2D eigenvalue weighted by atomic mass is 10.4. The van der Waals surface area contributed by atoms with Crippen molar-refractivity contribution in [1.29, 1.82) is 0 Å². The average Bonchev–Trinajstić information content (AvgIpc) is 2.14. The summed E-state index contributed by atoms with van der Waals surface area (Å²) in [5.41, 5.74) is 0.972. The van der Waals surface area contributed by atoms with Crippen LogP contribution in [-0.2, 0) is 0 Å². The molecule has 0 saturated carbocycles. The SMILES string of the molecule is OCC1=CCCN1. The molecule has 0 aromatic carbocycles. The monoisotopic (exact) mass is 99.1 g/mol. The van der Waals surface area contributed by atoms with Gasteiger partial charge < -0.3 is 10.4 Å². The van der Waals surface area contributed by atoms with E-state index in [1.165, 1.54) is 0 Å². The van der Waals surface area contributed by atoms with Crippen LogP contribution < -0.4 is 5.32 Å². The first-order valence-corrected chi connectivity index (χ1v) is 2.47. The van der Waals surface area contributed by atoms with Crippen LogP contribution in [0.3, 0.4) is 0 Å². The van der Waals surface area contributed by atoms with Gasteiger partial charge in [0.2, 0.25) is 0 Å². The fourth-order valence-corrected chi connectivity index (χ4v) is 0.672. The molecule has 1 aliphatic rings. The number of aliphatic hydroxyl groups excluding tert-OH is 1. The van der Waals surface area contributed by atoms with Crippen LogP contribution in [0.2, 0.25) is 0 Å². The molecule has 0 saturated heterocycles. The van der Waals surface area contributed by atoms with Crippen molar-refractivity contribution in [2.45, 2.75) is 6.42 Å². The number of nitrogens with one attached hydrogen (secondary N) is 1. The van der Waals surface area contributed by atoms with Crippen LogP contribution in [0, 0.1) is 0 Å². The fraction of sp³-hybridized carbons (Fsp3) is 0.600. The van der Waals surface area contributed by atoms with Gasteiger partial charge in [-0.05, 0) is 6.42 Å². The molecule has 0 aromatic rings. The summed E-state index contributed by atoms with van der Waals surface area (Å²) in [6.45, 7) is 1.16. The molecule has 2 heteroatoms. The molecule has 0 spiro atoms. The van der Waals surface area contributed by atoms with Crippen molar-refractivity contribution in [2.24, 2.45) is 0 Å². The first-order valence-electron chi connectivity index (χ1n) is 2.47. The Morgan fingerprint density at radius 2 is 2.71 bits per heavy atom. The summed E-state index contributed by atoms with van der Waals surface area (Å²) in [6, 6.07) is 0. The average molecular weight is 99.1 g/mol. The van der Waals surface area contributed by atoms with E-state index >= 15 is 0 Å². The summed E-state index contributed by atoms with van der Waals surface area (Å²) < 4.78 is 0. The molecule has 2 N–H and O–H groups in total. The van der Waals surface area contributed by atoms with Gasteiger partial charge in [0, 0.05) is 12.2 Å². The van der Waals surface area contributed by atoms with Gasteiger partial charge >= 0.3 is 0 Å². The number of hydrogen-bond acceptors (Lipinski definition) is 2. The smallest absolute Gasteiger partial charge is 0.0824 e. The summed E-state index contributed by atoms with van der Waals surface area (Å²) >= 11 is 0. The van der Waals surface area contributed by atoms with Crippen LogP contribution in [0.4, 0.5) is 0 Å². The Kier molecular flexibility index (Phi) is 1.32. The van der Waals surface area contributed by atoms with E-state index in [0.717, 1.165) is 18.7 Å². The molecule has 1 heterocycles. The van der Waals surface area contributed by atoms with Gasteiger partial charge in [-0.1, -0.05) is 6.08 Å². The van der Waals surface area contributed by atoms with Crippen molar-refractivity contribution < 1.29 is 5.11 Å². The Balaban J connectivity index is 2.36. The predicted octanol–water partition coefficient (Wildman–Crippen LogP) is -0.144. The van der Waals surface area contributed by atoms with E-state index in [2.05, 4.69) is 5.32 Å². The number of aliphatic hydroxyl groups is 1. The summed E-state index contributed by atoms with van der Waals surface area (Å²) in [5.74, 6) is 0. The Morgan fingerprint density at radius 1 is 1.86 bits per heavy atom. The first-order chi connectivity index (χ1) is 3.43. The lowest BCUT2D eigenvalue weighted by Crippen LogP contribution is -2.09. The van der Waals surface area contributed by atoms with Crippen molar-refractivity contribution in [1.82, 2.24) is 5.32 Å². The zero-order chi connectivity index (χ0) is 5.11. The van der Waals surface area contributed by atoms with E-state index in [9.17, 15) is 0 Å². The van der Waals surface area contributed by atoms with Crippen molar-refractivity contribution in [3.8, 4) is 0 Å². The molecular formula is C5H9NO. The van der Waals surface area contributed by atoms with Crippen molar-refractivity contribution >= 4 is 0 Å². The molecule has 2 nitrogen and oxygen atoms in total. The van der Waals surface area contributed by atoms with Gasteiger partial charge in [-0.3, -0.25) is 0 Å². The van der Waals surface area contributed by atoms with Crippen LogP contribution in [0.1, 0.15) is 6.42 Å².